The molecule has 0 fully saturated rings. The predicted molar refractivity (Wildman–Crippen MR) is 73.9 cm³/mol. The molecule has 1 aromatic carbocycles. The van der Waals surface area contributed by atoms with E-state index in [9.17, 15) is 4.79 Å². The molecule has 0 aliphatic heterocycles. The molecule has 1 amide bonds. The number of nitrogens with zero attached hydrogens (tertiary/aromatic N) is 1. The van der Waals surface area contributed by atoms with Crippen molar-refractivity contribution in [2.24, 2.45) is 5.73 Å². The van der Waals surface area contributed by atoms with Gasteiger partial charge in [-0.25, -0.2) is 0 Å². The van der Waals surface area contributed by atoms with Crippen LogP contribution in [0.25, 0.3) is 10.9 Å². The van der Waals surface area contributed by atoms with Crippen LogP contribution in [0.2, 0.25) is 5.02 Å². The summed E-state index contributed by atoms with van der Waals surface area (Å²) in [7, 11) is 2.96. The van der Waals surface area contributed by atoms with Gasteiger partial charge in [0.15, 0.2) is 5.96 Å². The van der Waals surface area contributed by atoms with Gasteiger partial charge < -0.3 is 15.5 Å². The van der Waals surface area contributed by atoms with Crippen molar-refractivity contribution in [3.63, 3.8) is 0 Å². The number of aromatic amines is 1. The molecule has 0 aliphatic rings. The minimum atomic E-state index is -0.415. The van der Waals surface area contributed by atoms with Crippen LogP contribution in [0, 0.1) is 5.41 Å². The molecule has 0 radical (unpaired) electrons. The molecule has 2 aromatic rings. The summed E-state index contributed by atoms with van der Waals surface area (Å²) in [5.74, 6) is -0.160. The third-order valence-corrected chi connectivity index (χ3v) is 3.15. The number of amides is 1. The quantitative estimate of drug-likeness (QED) is 0.578. The van der Waals surface area contributed by atoms with Gasteiger partial charge in [0, 0.05) is 12.4 Å². The summed E-state index contributed by atoms with van der Waals surface area (Å²) in [4.78, 5) is 16.0. The highest BCUT2D eigenvalue weighted by Gasteiger charge is 2.18. The largest absolute Gasteiger partial charge is 0.495 e. The summed E-state index contributed by atoms with van der Waals surface area (Å²) in [5.41, 5.74) is 6.20. The van der Waals surface area contributed by atoms with Crippen LogP contribution >= 0.6 is 11.6 Å². The van der Waals surface area contributed by atoms with Crippen LogP contribution in [0.5, 0.6) is 5.75 Å². The summed E-state index contributed by atoms with van der Waals surface area (Å²) in [6.45, 7) is 0. The first-order valence-electron chi connectivity index (χ1n) is 5.43. The first-order valence-corrected chi connectivity index (χ1v) is 5.80. The number of nitrogens with one attached hydrogen (secondary N) is 2. The Labute approximate surface area is 114 Å². The lowest BCUT2D eigenvalue weighted by Gasteiger charge is -2.12. The number of carbonyl (C=O) groups is 1. The number of carbonyl (C=O) groups excluding carboxylic acids is 1. The van der Waals surface area contributed by atoms with E-state index in [4.69, 9.17) is 27.5 Å². The maximum Gasteiger partial charge on any atom is 0.276 e. The van der Waals surface area contributed by atoms with E-state index in [0.29, 0.717) is 27.4 Å². The summed E-state index contributed by atoms with van der Waals surface area (Å²) in [5, 5.41) is 8.45. The summed E-state index contributed by atoms with van der Waals surface area (Å²) in [6, 6.07) is 5.02. The van der Waals surface area contributed by atoms with E-state index in [0.717, 1.165) is 4.90 Å². The molecular formula is C12H13ClN4O2. The Morgan fingerprint density at radius 3 is 2.79 bits per heavy atom. The molecule has 100 valence electrons. The van der Waals surface area contributed by atoms with Crippen molar-refractivity contribution < 1.29 is 9.53 Å². The molecule has 0 saturated carbocycles. The van der Waals surface area contributed by atoms with Gasteiger partial charge in [0.05, 0.1) is 17.6 Å². The maximum atomic E-state index is 12.1. The topological polar surface area (TPSA) is 95.2 Å². The van der Waals surface area contributed by atoms with Crippen LogP contribution in [0.15, 0.2) is 18.2 Å². The number of fused-ring (bicyclic) bond motifs is 1. The Morgan fingerprint density at radius 2 is 2.21 bits per heavy atom. The number of methoxy groups -OCH3 is 1. The van der Waals surface area contributed by atoms with Crippen LogP contribution in [0.3, 0.4) is 0 Å². The lowest BCUT2D eigenvalue weighted by Crippen LogP contribution is -2.38. The summed E-state index contributed by atoms with van der Waals surface area (Å²) >= 11 is 6.08. The molecule has 1 heterocycles. The fourth-order valence-corrected chi connectivity index (χ4v) is 1.95. The van der Waals surface area contributed by atoms with Crippen molar-refractivity contribution in [3.05, 3.63) is 28.9 Å². The first kappa shape index (κ1) is 13.2. The Kier molecular flexibility index (Phi) is 3.35. The number of rotatable bonds is 2. The highest BCUT2D eigenvalue weighted by Crippen LogP contribution is 2.31. The lowest BCUT2D eigenvalue weighted by atomic mass is 10.2. The third kappa shape index (κ3) is 2.22. The van der Waals surface area contributed by atoms with Gasteiger partial charge in [0.2, 0.25) is 0 Å². The molecule has 0 saturated heterocycles. The fraction of sp³-hybridized carbons (Fsp3) is 0.167. The number of hydrogen-bond donors (Lipinski definition) is 3. The van der Waals surface area contributed by atoms with Crippen LogP contribution in [0.4, 0.5) is 0 Å². The van der Waals surface area contributed by atoms with Gasteiger partial charge in [-0.05, 0) is 18.2 Å². The Hall–Kier alpha value is -2.21. The second kappa shape index (κ2) is 4.81. The molecule has 1 aromatic heterocycles. The zero-order valence-corrected chi connectivity index (χ0v) is 11.2. The third-order valence-electron chi connectivity index (χ3n) is 2.82. The molecule has 6 nitrogen and oxygen atoms in total. The van der Waals surface area contributed by atoms with Crippen molar-refractivity contribution in [3.8, 4) is 5.75 Å². The monoisotopic (exact) mass is 280 g/mol. The Balaban J connectivity index is 2.55. The average Bonchev–Trinajstić information content (AvgIpc) is 2.83. The van der Waals surface area contributed by atoms with Crippen molar-refractivity contribution in [1.82, 2.24) is 9.88 Å². The molecule has 7 heteroatoms. The van der Waals surface area contributed by atoms with E-state index in [1.54, 1.807) is 18.2 Å². The second-order valence-electron chi connectivity index (χ2n) is 3.97. The minimum absolute atomic E-state index is 0.291. The SMILES string of the molecule is COc1ccc(Cl)c2cc(C(=O)N(C)C(=N)N)[nH]c12. The summed E-state index contributed by atoms with van der Waals surface area (Å²) < 4.78 is 5.20. The van der Waals surface area contributed by atoms with Crippen LogP contribution in [0.1, 0.15) is 10.5 Å². The molecule has 19 heavy (non-hydrogen) atoms. The van der Waals surface area contributed by atoms with Crippen molar-refractivity contribution in [1.29, 1.82) is 5.41 Å². The molecular weight excluding hydrogens is 268 g/mol. The number of benzene rings is 1. The fourth-order valence-electron chi connectivity index (χ4n) is 1.73. The first-order chi connectivity index (χ1) is 8.95. The van der Waals surface area contributed by atoms with Gasteiger partial charge in [0.1, 0.15) is 11.4 Å². The number of H-pyrrole nitrogens is 1. The van der Waals surface area contributed by atoms with Crippen molar-refractivity contribution >= 4 is 34.4 Å². The maximum absolute atomic E-state index is 12.1. The predicted octanol–water partition coefficient (Wildman–Crippen LogP) is 1.80. The van der Waals surface area contributed by atoms with Gasteiger partial charge in [-0.2, -0.15) is 0 Å². The standard InChI is InChI=1S/C12H13ClN4O2/c1-17(12(14)15)11(18)8-5-6-7(13)3-4-9(19-2)10(6)16-8/h3-5,16H,1-2H3,(H3,14,15). The van der Waals surface area contributed by atoms with Gasteiger partial charge >= 0.3 is 0 Å². The molecule has 0 atom stereocenters. The van der Waals surface area contributed by atoms with Crippen molar-refractivity contribution in [2.75, 3.05) is 14.2 Å². The molecule has 0 spiro atoms. The van der Waals surface area contributed by atoms with E-state index in [1.165, 1.54) is 14.2 Å². The van der Waals surface area contributed by atoms with E-state index >= 15 is 0 Å². The lowest BCUT2D eigenvalue weighted by molar-refractivity contribution is 0.0864. The van der Waals surface area contributed by atoms with E-state index in [2.05, 4.69) is 4.98 Å². The van der Waals surface area contributed by atoms with E-state index < -0.39 is 5.91 Å². The van der Waals surface area contributed by atoms with Crippen LogP contribution < -0.4 is 10.5 Å². The van der Waals surface area contributed by atoms with Gasteiger partial charge in [-0.1, -0.05) is 11.6 Å². The van der Waals surface area contributed by atoms with Gasteiger partial charge in [0.25, 0.3) is 5.91 Å². The Morgan fingerprint density at radius 1 is 1.53 bits per heavy atom. The summed E-state index contributed by atoms with van der Waals surface area (Å²) in [6.07, 6.45) is 0. The number of guanidine groups is 1. The highest BCUT2D eigenvalue weighted by atomic mass is 35.5. The zero-order valence-electron chi connectivity index (χ0n) is 10.5. The number of ether oxygens (including phenoxy) is 1. The molecule has 0 bridgehead atoms. The number of nitrogens with two attached hydrogens (primary N) is 1. The van der Waals surface area contributed by atoms with Gasteiger partial charge in [-0.15, -0.1) is 0 Å². The Bertz CT molecular complexity index is 665. The van der Waals surface area contributed by atoms with Gasteiger partial charge in [-0.3, -0.25) is 15.1 Å². The van der Waals surface area contributed by atoms with Crippen LogP contribution in [-0.2, 0) is 0 Å². The average molecular weight is 281 g/mol. The molecule has 0 unspecified atom stereocenters. The normalized spacial score (nSPS) is 10.5. The van der Waals surface area contributed by atoms with E-state index in [-0.39, 0.29) is 5.96 Å². The molecule has 0 aliphatic carbocycles. The number of aromatic nitrogens is 1. The van der Waals surface area contributed by atoms with E-state index in [1.807, 2.05) is 0 Å². The molecule has 4 N–H and O–H groups in total. The number of halogens is 1. The number of hydrogen-bond acceptors (Lipinski definition) is 3. The second-order valence-corrected chi connectivity index (χ2v) is 4.38. The molecule has 2 rings (SSSR count). The van der Waals surface area contributed by atoms with Crippen LogP contribution in [-0.4, -0.2) is 35.9 Å². The van der Waals surface area contributed by atoms with Crippen molar-refractivity contribution in [2.45, 2.75) is 0 Å². The minimum Gasteiger partial charge on any atom is -0.495 e. The highest BCUT2D eigenvalue weighted by molar-refractivity contribution is 6.35. The zero-order chi connectivity index (χ0) is 14.2. The smallest absolute Gasteiger partial charge is 0.276 e.